The van der Waals surface area contributed by atoms with Crippen LogP contribution in [0.5, 0.6) is 0 Å². The van der Waals surface area contributed by atoms with Gasteiger partial charge in [0.25, 0.3) is 0 Å². The van der Waals surface area contributed by atoms with Crippen LogP contribution < -0.4 is 0 Å². The first kappa shape index (κ1) is 10.1. The van der Waals surface area contributed by atoms with Crippen LogP contribution in [0.3, 0.4) is 0 Å². The van der Waals surface area contributed by atoms with Crippen LogP contribution >= 0.6 is 12.6 Å². The fraction of sp³-hybridized carbons (Fsp3) is 0.800. The average molecular weight is 185 g/mol. The zero-order chi connectivity index (χ0) is 8.97. The fourth-order valence-electron chi connectivity index (χ4n) is 1.34. The molecule has 0 unspecified atom stereocenters. The maximum Gasteiger partial charge on any atom is 0.0198 e. The molecule has 0 saturated heterocycles. The third kappa shape index (κ3) is 3.63. The molecule has 0 radical (unpaired) electrons. The maximum absolute atomic E-state index is 4.21. The minimum absolute atomic E-state index is 0.821. The topological polar surface area (TPSA) is 3.24 Å². The first-order chi connectivity index (χ1) is 5.76. The molecule has 12 heavy (non-hydrogen) atoms. The molecule has 2 heteroatoms. The summed E-state index contributed by atoms with van der Waals surface area (Å²) in [6.45, 7) is 9.63. The molecule has 0 spiro atoms. The zero-order valence-corrected chi connectivity index (χ0v) is 8.82. The molecule has 0 aromatic rings. The summed E-state index contributed by atoms with van der Waals surface area (Å²) in [4.78, 5) is 2.47. The van der Waals surface area contributed by atoms with Crippen LogP contribution in [-0.2, 0) is 0 Å². The first-order valence-corrected chi connectivity index (χ1v) is 5.39. The predicted octanol–water partition coefficient (Wildman–Crippen LogP) is 2.20. The van der Waals surface area contributed by atoms with Crippen LogP contribution in [-0.4, -0.2) is 30.3 Å². The van der Waals surface area contributed by atoms with Crippen molar-refractivity contribution >= 4 is 12.6 Å². The van der Waals surface area contributed by atoms with Crippen LogP contribution in [0.15, 0.2) is 12.2 Å². The van der Waals surface area contributed by atoms with Crippen molar-refractivity contribution in [1.29, 1.82) is 0 Å². The van der Waals surface area contributed by atoms with E-state index in [1.54, 1.807) is 0 Å². The summed E-state index contributed by atoms with van der Waals surface area (Å²) in [6, 6.07) is 0. The molecular formula is C10H19NS. The van der Waals surface area contributed by atoms with Gasteiger partial charge in [-0.05, 0) is 25.3 Å². The van der Waals surface area contributed by atoms with Gasteiger partial charge >= 0.3 is 0 Å². The zero-order valence-electron chi connectivity index (χ0n) is 7.92. The van der Waals surface area contributed by atoms with Crippen molar-refractivity contribution in [2.75, 3.05) is 25.4 Å². The molecule has 1 nitrogen and oxygen atoms in total. The van der Waals surface area contributed by atoms with Crippen molar-refractivity contribution in [3.8, 4) is 0 Å². The van der Waals surface area contributed by atoms with Crippen molar-refractivity contribution in [1.82, 2.24) is 4.90 Å². The lowest BCUT2D eigenvalue weighted by Crippen LogP contribution is -2.28. The molecule has 70 valence electrons. The molecule has 0 amide bonds. The summed E-state index contributed by atoms with van der Waals surface area (Å²) in [5, 5.41) is 0. The summed E-state index contributed by atoms with van der Waals surface area (Å²) in [5.41, 5.74) is 1.24. The van der Waals surface area contributed by atoms with E-state index >= 15 is 0 Å². The number of rotatable bonds is 6. The summed E-state index contributed by atoms with van der Waals surface area (Å²) in [6.07, 6.45) is 2.87. The Hall–Kier alpha value is 0.0500. The molecule has 1 fully saturated rings. The Morgan fingerprint density at radius 1 is 1.58 bits per heavy atom. The Labute approximate surface area is 81.2 Å². The van der Waals surface area contributed by atoms with Crippen LogP contribution in [0.1, 0.15) is 19.8 Å². The normalized spacial score (nSPS) is 16.9. The van der Waals surface area contributed by atoms with Crippen molar-refractivity contribution in [3.05, 3.63) is 12.2 Å². The van der Waals surface area contributed by atoms with Gasteiger partial charge in [-0.1, -0.05) is 19.1 Å². The van der Waals surface area contributed by atoms with E-state index in [-0.39, 0.29) is 0 Å². The highest BCUT2D eigenvalue weighted by molar-refractivity contribution is 7.80. The Morgan fingerprint density at radius 3 is 2.67 bits per heavy atom. The van der Waals surface area contributed by atoms with Crippen molar-refractivity contribution in [3.63, 3.8) is 0 Å². The molecule has 1 aliphatic rings. The van der Waals surface area contributed by atoms with Gasteiger partial charge in [0.2, 0.25) is 0 Å². The number of hydrogen-bond acceptors (Lipinski definition) is 2. The van der Waals surface area contributed by atoms with E-state index in [1.165, 1.54) is 25.0 Å². The molecule has 0 aromatic carbocycles. The van der Waals surface area contributed by atoms with Gasteiger partial charge in [-0.25, -0.2) is 0 Å². The fourth-order valence-corrected chi connectivity index (χ4v) is 1.44. The van der Waals surface area contributed by atoms with Crippen LogP contribution in [0.4, 0.5) is 0 Å². The highest BCUT2D eigenvalue weighted by Crippen LogP contribution is 2.29. The highest BCUT2D eigenvalue weighted by atomic mass is 32.1. The summed E-state index contributed by atoms with van der Waals surface area (Å²) in [5.74, 6) is 1.80. The molecule has 0 heterocycles. The maximum atomic E-state index is 4.21. The number of nitrogens with zero attached hydrogens (tertiary/aromatic N) is 1. The molecular weight excluding hydrogens is 166 g/mol. The second-order valence-electron chi connectivity index (χ2n) is 3.68. The largest absolute Gasteiger partial charge is 0.299 e. The molecule has 0 aliphatic heterocycles. The second-order valence-corrected chi connectivity index (χ2v) is 4.00. The van der Waals surface area contributed by atoms with Gasteiger partial charge < -0.3 is 0 Å². The van der Waals surface area contributed by atoms with E-state index in [2.05, 4.69) is 31.0 Å². The quantitative estimate of drug-likeness (QED) is 0.490. The number of thiol groups is 1. The van der Waals surface area contributed by atoms with Gasteiger partial charge in [0.1, 0.15) is 0 Å². The summed E-state index contributed by atoms with van der Waals surface area (Å²) in [7, 11) is 0. The van der Waals surface area contributed by atoms with E-state index in [9.17, 15) is 0 Å². The average Bonchev–Trinajstić information content (AvgIpc) is 2.86. The Balaban J connectivity index is 2.18. The van der Waals surface area contributed by atoms with Gasteiger partial charge in [-0.15, -0.1) is 0 Å². The van der Waals surface area contributed by atoms with Crippen LogP contribution in [0, 0.1) is 5.92 Å². The monoisotopic (exact) mass is 185 g/mol. The molecule has 1 saturated carbocycles. The molecule has 0 N–H and O–H groups in total. The Kier molecular flexibility index (Phi) is 4.16. The van der Waals surface area contributed by atoms with E-state index < -0.39 is 0 Å². The lowest BCUT2D eigenvalue weighted by atomic mass is 10.3. The van der Waals surface area contributed by atoms with E-state index in [1.807, 2.05) is 0 Å². The smallest absolute Gasteiger partial charge is 0.0198 e. The third-order valence-corrected chi connectivity index (χ3v) is 2.78. The molecule has 1 rings (SSSR count). The van der Waals surface area contributed by atoms with Gasteiger partial charge in [-0.3, -0.25) is 4.90 Å². The van der Waals surface area contributed by atoms with Crippen LogP contribution in [0.25, 0.3) is 0 Å². The van der Waals surface area contributed by atoms with Gasteiger partial charge in [-0.2, -0.15) is 12.6 Å². The minimum atomic E-state index is 0.821. The van der Waals surface area contributed by atoms with Gasteiger partial charge in [0, 0.05) is 18.8 Å². The van der Waals surface area contributed by atoms with E-state index in [0.29, 0.717) is 0 Å². The lowest BCUT2D eigenvalue weighted by Gasteiger charge is -2.20. The molecule has 0 aromatic heterocycles. The van der Waals surface area contributed by atoms with E-state index in [4.69, 9.17) is 0 Å². The molecule has 0 atom stereocenters. The SMILES string of the molecule is C=C(CS)CN(CC)CC1CC1. The van der Waals surface area contributed by atoms with Gasteiger partial charge in [0.05, 0.1) is 0 Å². The standard InChI is InChI=1S/C10H19NS/c1-3-11(6-9(2)8-12)7-10-4-5-10/h10,12H,2-8H2,1H3. The van der Waals surface area contributed by atoms with Crippen molar-refractivity contribution in [2.24, 2.45) is 5.92 Å². The second kappa shape index (κ2) is 4.93. The third-order valence-electron chi connectivity index (χ3n) is 2.33. The van der Waals surface area contributed by atoms with Gasteiger partial charge in [0.15, 0.2) is 0 Å². The van der Waals surface area contributed by atoms with Crippen molar-refractivity contribution < 1.29 is 0 Å². The van der Waals surface area contributed by atoms with Crippen molar-refractivity contribution in [2.45, 2.75) is 19.8 Å². The van der Waals surface area contributed by atoms with E-state index in [0.717, 1.165) is 24.8 Å². The number of likely N-dealkylation sites (N-methyl/N-ethyl adjacent to an activating group) is 1. The first-order valence-electron chi connectivity index (χ1n) is 4.76. The Bertz CT molecular complexity index is 152. The van der Waals surface area contributed by atoms with Crippen LogP contribution in [0.2, 0.25) is 0 Å². The summed E-state index contributed by atoms with van der Waals surface area (Å²) < 4.78 is 0. The molecule has 0 bridgehead atoms. The Morgan fingerprint density at radius 2 is 2.25 bits per heavy atom. The minimum Gasteiger partial charge on any atom is -0.299 e. The highest BCUT2D eigenvalue weighted by Gasteiger charge is 2.23. The number of hydrogen-bond donors (Lipinski definition) is 1. The molecule has 1 aliphatic carbocycles. The lowest BCUT2D eigenvalue weighted by molar-refractivity contribution is 0.300. The predicted molar refractivity (Wildman–Crippen MR) is 57.8 cm³/mol. The summed E-state index contributed by atoms with van der Waals surface area (Å²) >= 11 is 4.21.